The largest absolute Gasteiger partial charge is 0.398 e. The summed E-state index contributed by atoms with van der Waals surface area (Å²) < 4.78 is 0.968. The van der Waals surface area contributed by atoms with Gasteiger partial charge in [-0.3, -0.25) is 4.79 Å². The van der Waals surface area contributed by atoms with Crippen LogP contribution in [-0.2, 0) is 6.42 Å². The van der Waals surface area contributed by atoms with Crippen molar-refractivity contribution in [2.45, 2.75) is 6.42 Å². The van der Waals surface area contributed by atoms with Crippen molar-refractivity contribution in [3.05, 3.63) is 58.1 Å². The molecule has 3 rings (SSSR count). The maximum absolute atomic E-state index is 12.5. The highest BCUT2D eigenvalue weighted by Crippen LogP contribution is 2.33. The van der Waals surface area contributed by atoms with Crippen LogP contribution in [-0.4, -0.2) is 12.5 Å². The number of anilines is 2. The summed E-state index contributed by atoms with van der Waals surface area (Å²) in [5.74, 6) is 0.0249. The van der Waals surface area contributed by atoms with Gasteiger partial charge >= 0.3 is 0 Å². The molecule has 0 saturated heterocycles. The molecule has 1 aliphatic rings. The van der Waals surface area contributed by atoms with Crippen LogP contribution in [0.15, 0.2) is 46.9 Å². The van der Waals surface area contributed by atoms with Gasteiger partial charge in [0.15, 0.2) is 0 Å². The molecule has 1 aliphatic heterocycles. The van der Waals surface area contributed by atoms with Gasteiger partial charge in [-0.05, 0) is 42.8 Å². The molecule has 3 nitrogen and oxygen atoms in total. The Bertz CT molecular complexity index is 637. The lowest BCUT2D eigenvalue weighted by Crippen LogP contribution is -2.28. The van der Waals surface area contributed by atoms with Gasteiger partial charge in [0.1, 0.15) is 0 Å². The zero-order valence-electron chi connectivity index (χ0n) is 10.3. The van der Waals surface area contributed by atoms with Crippen molar-refractivity contribution in [1.82, 2.24) is 0 Å². The highest BCUT2D eigenvalue weighted by atomic mass is 79.9. The molecule has 0 spiro atoms. The first-order valence-electron chi connectivity index (χ1n) is 6.11. The van der Waals surface area contributed by atoms with E-state index in [0.29, 0.717) is 12.1 Å². The quantitative estimate of drug-likeness (QED) is 0.821. The molecule has 1 heterocycles. The number of nitrogens with zero attached hydrogens (tertiary/aromatic N) is 1. The molecule has 0 saturated carbocycles. The van der Waals surface area contributed by atoms with E-state index in [1.54, 1.807) is 4.90 Å². The van der Waals surface area contributed by atoms with Crippen molar-refractivity contribution in [3.63, 3.8) is 0 Å². The van der Waals surface area contributed by atoms with Crippen LogP contribution in [0.25, 0.3) is 0 Å². The fourth-order valence-corrected chi connectivity index (χ4v) is 2.68. The van der Waals surface area contributed by atoms with Gasteiger partial charge in [0.05, 0.1) is 0 Å². The number of carbonyl (C=O) groups is 1. The maximum atomic E-state index is 12.5. The second kappa shape index (κ2) is 4.70. The van der Waals surface area contributed by atoms with E-state index in [2.05, 4.69) is 15.9 Å². The summed E-state index contributed by atoms with van der Waals surface area (Å²) in [5, 5.41) is 0. The molecule has 2 aromatic rings. The average Bonchev–Trinajstić information content (AvgIpc) is 2.84. The number of hydrogen-bond donors (Lipinski definition) is 1. The average molecular weight is 317 g/mol. The van der Waals surface area contributed by atoms with Gasteiger partial charge < -0.3 is 10.6 Å². The number of rotatable bonds is 1. The van der Waals surface area contributed by atoms with Crippen LogP contribution in [0.5, 0.6) is 0 Å². The standard InChI is InChI=1S/C15H13BrN2O/c16-11-6-4-10(5-7-11)15(19)18-9-8-12-13(17)2-1-3-14(12)18/h1-7H,8-9,17H2. The van der Waals surface area contributed by atoms with Gasteiger partial charge in [-0.2, -0.15) is 0 Å². The van der Waals surface area contributed by atoms with E-state index in [4.69, 9.17) is 5.73 Å². The summed E-state index contributed by atoms with van der Waals surface area (Å²) in [5.41, 5.74) is 9.42. The Hall–Kier alpha value is -1.81. The summed E-state index contributed by atoms with van der Waals surface area (Å²) in [4.78, 5) is 14.3. The number of halogens is 1. The first-order valence-corrected chi connectivity index (χ1v) is 6.91. The van der Waals surface area contributed by atoms with Crippen molar-refractivity contribution < 1.29 is 4.79 Å². The molecule has 4 heteroatoms. The minimum atomic E-state index is 0.0249. The molecule has 2 aromatic carbocycles. The molecule has 0 aliphatic carbocycles. The molecule has 19 heavy (non-hydrogen) atoms. The minimum Gasteiger partial charge on any atom is -0.398 e. The number of fused-ring (bicyclic) bond motifs is 1. The van der Waals surface area contributed by atoms with Crippen LogP contribution in [0.4, 0.5) is 11.4 Å². The van der Waals surface area contributed by atoms with E-state index in [9.17, 15) is 4.79 Å². The smallest absolute Gasteiger partial charge is 0.258 e. The monoisotopic (exact) mass is 316 g/mol. The second-order valence-electron chi connectivity index (χ2n) is 4.56. The summed E-state index contributed by atoms with van der Waals surface area (Å²) in [6.07, 6.45) is 0.824. The highest BCUT2D eigenvalue weighted by Gasteiger charge is 2.26. The van der Waals surface area contributed by atoms with Gasteiger partial charge in [-0.25, -0.2) is 0 Å². The van der Waals surface area contributed by atoms with Gasteiger partial charge in [-0.15, -0.1) is 0 Å². The van der Waals surface area contributed by atoms with Gasteiger partial charge in [0.25, 0.3) is 5.91 Å². The number of hydrogen-bond acceptors (Lipinski definition) is 2. The molecule has 96 valence electrons. The van der Waals surface area contributed by atoms with Crippen LogP contribution in [0.2, 0.25) is 0 Å². The van der Waals surface area contributed by atoms with Crippen molar-refractivity contribution in [2.75, 3.05) is 17.2 Å². The molecule has 0 bridgehead atoms. The van der Waals surface area contributed by atoms with Crippen molar-refractivity contribution in [2.24, 2.45) is 0 Å². The summed E-state index contributed by atoms with van der Waals surface area (Å²) in [7, 11) is 0. The van der Waals surface area contributed by atoms with Crippen LogP contribution < -0.4 is 10.6 Å². The fraction of sp³-hybridized carbons (Fsp3) is 0.133. The topological polar surface area (TPSA) is 46.3 Å². The minimum absolute atomic E-state index is 0.0249. The van der Waals surface area contributed by atoms with E-state index in [0.717, 1.165) is 27.8 Å². The van der Waals surface area contributed by atoms with Crippen LogP contribution in [0, 0.1) is 0 Å². The predicted molar refractivity (Wildman–Crippen MR) is 80.4 cm³/mol. The highest BCUT2D eigenvalue weighted by molar-refractivity contribution is 9.10. The first kappa shape index (κ1) is 12.2. The molecular formula is C15H13BrN2O. The SMILES string of the molecule is Nc1cccc2c1CCN2C(=O)c1ccc(Br)cc1. The van der Waals surface area contributed by atoms with Gasteiger partial charge in [0.2, 0.25) is 0 Å². The van der Waals surface area contributed by atoms with Crippen LogP contribution >= 0.6 is 15.9 Å². The lowest BCUT2D eigenvalue weighted by atomic mass is 10.1. The third-order valence-corrected chi connectivity index (χ3v) is 3.93. The van der Waals surface area contributed by atoms with Crippen molar-refractivity contribution in [1.29, 1.82) is 0 Å². The number of nitrogen functional groups attached to an aromatic ring is 1. The Balaban J connectivity index is 1.95. The van der Waals surface area contributed by atoms with Gasteiger partial charge in [0, 0.05) is 33.5 Å². The lowest BCUT2D eigenvalue weighted by Gasteiger charge is -2.17. The predicted octanol–water partition coefficient (Wildman–Crippen LogP) is 3.23. The molecule has 0 fully saturated rings. The summed E-state index contributed by atoms with van der Waals surface area (Å²) >= 11 is 3.37. The lowest BCUT2D eigenvalue weighted by molar-refractivity contribution is 0.0989. The molecule has 0 atom stereocenters. The third kappa shape index (κ3) is 2.12. The molecule has 1 amide bonds. The third-order valence-electron chi connectivity index (χ3n) is 3.40. The van der Waals surface area contributed by atoms with E-state index in [1.165, 1.54) is 0 Å². The second-order valence-corrected chi connectivity index (χ2v) is 5.47. The van der Waals surface area contributed by atoms with Crippen molar-refractivity contribution >= 4 is 33.2 Å². The Morgan fingerprint density at radius 3 is 2.63 bits per heavy atom. The van der Waals surface area contributed by atoms with E-state index >= 15 is 0 Å². The van der Waals surface area contributed by atoms with Crippen LogP contribution in [0.3, 0.4) is 0 Å². The normalized spacial score (nSPS) is 13.4. The Morgan fingerprint density at radius 1 is 1.16 bits per heavy atom. The Morgan fingerprint density at radius 2 is 1.89 bits per heavy atom. The zero-order chi connectivity index (χ0) is 13.4. The fourth-order valence-electron chi connectivity index (χ4n) is 2.42. The maximum Gasteiger partial charge on any atom is 0.258 e. The summed E-state index contributed by atoms with van der Waals surface area (Å²) in [6, 6.07) is 13.1. The van der Waals surface area contributed by atoms with Crippen molar-refractivity contribution in [3.8, 4) is 0 Å². The van der Waals surface area contributed by atoms with Gasteiger partial charge in [-0.1, -0.05) is 22.0 Å². The number of nitrogens with two attached hydrogens (primary N) is 1. The number of carbonyl (C=O) groups excluding carboxylic acids is 1. The number of amides is 1. The summed E-state index contributed by atoms with van der Waals surface area (Å²) in [6.45, 7) is 0.693. The number of benzene rings is 2. The molecular weight excluding hydrogens is 304 g/mol. The molecule has 0 unspecified atom stereocenters. The molecule has 2 N–H and O–H groups in total. The molecule has 0 radical (unpaired) electrons. The van der Waals surface area contributed by atoms with Crippen LogP contribution in [0.1, 0.15) is 15.9 Å². The Kier molecular flexibility index (Phi) is 3.03. The first-order chi connectivity index (χ1) is 9.16. The molecule has 0 aromatic heterocycles. The van der Waals surface area contributed by atoms with E-state index < -0.39 is 0 Å². The van der Waals surface area contributed by atoms with E-state index in [1.807, 2.05) is 42.5 Å². The Labute approximate surface area is 120 Å². The van der Waals surface area contributed by atoms with E-state index in [-0.39, 0.29) is 5.91 Å². The zero-order valence-corrected chi connectivity index (χ0v) is 11.9.